The van der Waals surface area contributed by atoms with Gasteiger partial charge in [-0.05, 0) is 30.4 Å². The van der Waals surface area contributed by atoms with Crippen molar-refractivity contribution in [3.8, 4) is 5.75 Å². The van der Waals surface area contributed by atoms with Crippen LogP contribution < -0.4 is 10.5 Å². The first-order valence-electron chi connectivity index (χ1n) is 6.69. The van der Waals surface area contributed by atoms with Gasteiger partial charge in [0.05, 0.1) is 18.2 Å². The Hall–Kier alpha value is -1.35. The monoisotopic (exact) mass is 247 g/mol. The zero-order valence-electron chi connectivity index (χ0n) is 11.1. The highest BCUT2D eigenvalue weighted by atomic mass is 16.5. The Labute approximate surface area is 108 Å². The van der Waals surface area contributed by atoms with Gasteiger partial charge in [-0.25, -0.2) is 0 Å². The van der Waals surface area contributed by atoms with Crippen LogP contribution in [-0.2, 0) is 6.42 Å². The van der Waals surface area contributed by atoms with Gasteiger partial charge in [0, 0.05) is 0 Å². The highest BCUT2D eigenvalue weighted by Crippen LogP contribution is 2.30. The fraction of sp³-hybridized carbons (Fsp3) is 0.533. The average Bonchev–Trinajstić information content (AvgIpc) is 2.44. The molecule has 98 valence electrons. The third-order valence-corrected chi connectivity index (χ3v) is 3.76. The minimum Gasteiger partial charge on any atom is -0.493 e. The number of benzene rings is 1. The zero-order valence-corrected chi connectivity index (χ0v) is 11.1. The summed E-state index contributed by atoms with van der Waals surface area (Å²) in [5.41, 5.74) is 7.81. The van der Waals surface area contributed by atoms with Crippen molar-refractivity contribution >= 4 is 5.78 Å². The predicted molar refractivity (Wildman–Crippen MR) is 72.0 cm³/mol. The van der Waals surface area contributed by atoms with Gasteiger partial charge in [0.25, 0.3) is 0 Å². The molecule has 1 aliphatic rings. The molecule has 0 saturated carbocycles. The topological polar surface area (TPSA) is 52.3 Å². The number of nitrogens with two attached hydrogens (primary N) is 1. The summed E-state index contributed by atoms with van der Waals surface area (Å²) in [5, 5.41) is 0. The van der Waals surface area contributed by atoms with E-state index in [4.69, 9.17) is 10.5 Å². The van der Waals surface area contributed by atoms with Crippen molar-refractivity contribution in [1.29, 1.82) is 0 Å². The largest absolute Gasteiger partial charge is 0.493 e. The van der Waals surface area contributed by atoms with Gasteiger partial charge < -0.3 is 10.5 Å². The molecule has 1 aliphatic heterocycles. The Morgan fingerprint density at radius 3 is 3.00 bits per heavy atom. The quantitative estimate of drug-likeness (QED) is 0.832. The van der Waals surface area contributed by atoms with Crippen LogP contribution in [-0.4, -0.2) is 18.4 Å². The van der Waals surface area contributed by atoms with Gasteiger partial charge >= 0.3 is 0 Å². The smallest absolute Gasteiger partial charge is 0.183 e. The fourth-order valence-corrected chi connectivity index (χ4v) is 2.27. The first-order chi connectivity index (χ1) is 8.65. The molecule has 0 saturated heterocycles. The highest BCUT2D eigenvalue weighted by Gasteiger charge is 2.25. The summed E-state index contributed by atoms with van der Waals surface area (Å²) in [4.78, 5) is 12.4. The van der Waals surface area contributed by atoms with E-state index in [9.17, 15) is 4.79 Å². The van der Waals surface area contributed by atoms with E-state index in [0.29, 0.717) is 12.2 Å². The standard InChI is InChI=1S/C15H21NO2/c1-3-10(2)13(16)14(17)12-8-4-6-11-7-5-9-18-15(11)12/h4,6,8,10,13H,3,5,7,9,16H2,1-2H3. The van der Waals surface area contributed by atoms with Gasteiger partial charge in [0.2, 0.25) is 0 Å². The summed E-state index contributed by atoms with van der Waals surface area (Å²) < 4.78 is 5.66. The van der Waals surface area contributed by atoms with E-state index < -0.39 is 6.04 Å². The molecule has 1 aromatic rings. The van der Waals surface area contributed by atoms with E-state index in [1.165, 1.54) is 0 Å². The molecule has 2 N–H and O–H groups in total. The summed E-state index contributed by atoms with van der Waals surface area (Å²) >= 11 is 0. The SMILES string of the molecule is CCC(C)C(N)C(=O)c1cccc2c1OCCC2. The van der Waals surface area contributed by atoms with Crippen molar-refractivity contribution in [2.75, 3.05) is 6.61 Å². The number of carbonyl (C=O) groups excluding carboxylic acids is 1. The highest BCUT2D eigenvalue weighted by molar-refractivity contribution is 6.02. The third-order valence-electron chi connectivity index (χ3n) is 3.76. The van der Waals surface area contributed by atoms with Crippen molar-refractivity contribution in [2.24, 2.45) is 11.7 Å². The van der Waals surface area contributed by atoms with Crippen molar-refractivity contribution in [2.45, 2.75) is 39.2 Å². The van der Waals surface area contributed by atoms with E-state index in [0.717, 1.165) is 30.6 Å². The second kappa shape index (κ2) is 5.53. The number of ether oxygens (including phenoxy) is 1. The molecule has 2 rings (SSSR count). The molecule has 0 aliphatic carbocycles. The molecular formula is C15H21NO2. The van der Waals surface area contributed by atoms with Crippen molar-refractivity contribution in [1.82, 2.24) is 0 Å². The number of fused-ring (bicyclic) bond motifs is 1. The Balaban J connectivity index is 2.30. The predicted octanol–water partition coefficient (Wildman–Crippen LogP) is 2.57. The van der Waals surface area contributed by atoms with Crippen molar-refractivity contribution in [3.63, 3.8) is 0 Å². The number of para-hydroxylation sites is 1. The average molecular weight is 247 g/mol. The number of hydrogen-bond acceptors (Lipinski definition) is 3. The molecule has 0 amide bonds. The number of rotatable bonds is 4. The van der Waals surface area contributed by atoms with Crippen LogP contribution in [0.1, 0.15) is 42.6 Å². The van der Waals surface area contributed by atoms with Crippen LogP contribution in [0.4, 0.5) is 0 Å². The molecular weight excluding hydrogens is 226 g/mol. The molecule has 2 unspecified atom stereocenters. The maximum absolute atomic E-state index is 12.4. The Kier molecular flexibility index (Phi) is 4.02. The molecule has 1 aromatic carbocycles. The number of Topliss-reactive ketones (excluding diaryl/α,β-unsaturated/α-hetero) is 1. The van der Waals surface area contributed by atoms with Gasteiger partial charge in [0.15, 0.2) is 5.78 Å². The van der Waals surface area contributed by atoms with Crippen LogP contribution in [0.25, 0.3) is 0 Å². The number of carbonyl (C=O) groups is 1. The Morgan fingerprint density at radius 2 is 2.28 bits per heavy atom. The Bertz CT molecular complexity index is 442. The van der Waals surface area contributed by atoms with Crippen LogP contribution in [0.3, 0.4) is 0 Å². The molecule has 0 radical (unpaired) electrons. The van der Waals surface area contributed by atoms with E-state index in [2.05, 4.69) is 6.92 Å². The molecule has 18 heavy (non-hydrogen) atoms. The lowest BCUT2D eigenvalue weighted by molar-refractivity contribution is 0.0930. The van der Waals surface area contributed by atoms with Crippen molar-refractivity contribution < 1.29 is 9.53 Å². The Morgan fingerprint density at radius 1 is 1.50 bits per heavy atom. The van der Waals surface area contributed by atoms with Crippen molar-refractivity contribution in [3.05, 3.63) is 29.3 Å². The van der Waals surface area contributed by atoms with Gasteiger partial charge in [-0.1, -0.05) is 32.4 Å². The van der Waals surface area contributed by atoms with Crippen LogP contribution >= 0.6 is 0 Å². The zero-order chi connectivity index (χ0) is 13.1. The number of hydrogen-bond donors (Lipinski definition) is 1. The molecule has 1 heterocycles. The van der Waals surface area contributed by atoms with Crippen LogP contribution in [0, 0.1) is 5.92 Å². The van der Waals surface area contributed by atoms with E-state index >= 15 is 0 Å². The first-order valence-corrected chi connectivity index (χ1v) is 6.69. The normalized spacial score (nSPS) is 17.5. The first kappa shape index (κ1) is 13.1. The summed E-state index contributed by atoms with van der Waals surface area (Å²) in [7, 11) is 0. The summed E-state index contributed by atoms with van der Waals surface area (Å²) in [6, 6.07) is 5.34. The van der Waals surface area contributed by atoms with E-state index in [-0.39, 0.29) is 11.7 Å². The molecule has 0 fully saturated rings. The number of ketones is 1. The summed E-state index contributed by atoms with van der Waals surface area (Å²) in [6.07, 6.45) is 2.90. The molecule has 0 spiro atoms. The van der Waals surface area contributed by atoms with Crippen LogP contribution in [0.15, 0.2) is 18.2 Å². The van der Waals surface area contributed by atoms with Gasteiger partial charge in [0.1, 0.15) is 5.75 Å². The molecule has 3 heteroatoms. The molecule has 3 nitrogen and oxygen atoms in total. The maximum atomic E-state index is 12.4. The number of aryl methyl sites for hydroxylation is 1. The van der Waals surface area contributed by atoms with Crippen LogP contribution in [0.5, 0.6) is 5.75 Å². The minimum absolute atomic E-state index is 0.00287. The lowest BCUT2D eigenvalue weighted by Crippen LogP contribution is -2.37. The molecule has 0 aromatic heterocycles. The van der Waals surface area contributed by atoms with Gasteiger partial charge in [-0.3, -0.25) is 4.79 Å². The van der Waals surface area contributed by atoms with Crippen LogP contribution in [0.2, 0.25) is 0 Å². The molecule has 0 bridgehead atoms. The van der Waals surface area contributed by atoms with E-state index in [1.807, 2.05) is 25.1 Å². The summed E-state index contributed by atoms with van der Waals surface area (Å²) in [5.74, 6) is 0.951. The lowest BCUT2D eigenvalue weighted by Gasteiger charge is -2.22. The van der Waals surface area contributed by atoms with Gasteiger partial charge in [-0.2, -0.15) is 0 Å². The van der Waals surface area contributed by atoms with E-state index in [1.54, 1.807) is 0 Å². The van der Waals surface area contributed by atoms with Gasteiger partial charge in [-0.15, -0.1) is 0 Å². The maximum Gasteiger partial charge on any atom is 0.183 e. The molecule has 2 atom stereocenters. The second-order valence-corrected chi connectivity index (χ2v) is 5.02. The third kappa shape index (κ3) is 2.41. The summed E-state index contributed by atoms with van der Waals surface area (Å²) in [6.45, 7) is 4.75. The lowest BCUT2D eigenvalue weighted by atomic mass is 9.90. The minimum atomic E-state index is -0.438. The second-order valence-electron chi connectivity index (χ2n) is 5.02. The fourth-order valence-electron chi connectivity index (χ4n) is 2.27.